The molecule has 1 aliphatic carbocycles. The molecule has 2 fully saturated rings. The highest BCUT2D eigenvalue weighted by molar-refractivity contribution is 5.86. The number of aliphatic hydroxyl groups is 1. The van der Waals surface area contributed by atoms with Crippen molar-refractivity contribution in [2.24, 2.45) is 5.73 Å². The second-order valence-electron chi connectivity index (χ2n) is 8.09. The molecule has 4 rings (SSSR count). The molecule has 2 atom stereocenters. The fourth-order valence-electron chi connectivity index (χ4n) is 4.91. The summed E-state index contributed by atoms with van der Waals surface area (Å²) in [5.74, 6) is 0.157. The molecule has 3 N–H and O–H groups in total. The van der Waals surface area contributed by atoms with E-state index in [1.54, 1.807) is 0 Å². The molecule has 1 saturated heterocycles. The molecule has 150 valence electrons. The Morgan fingerprint density at radius 1 is 1.04 bits per heavy atom. The Balaban J connectivity index is 0.00000131. The van der Waals surface area contributed by atoms with Gasteiger partial charge in [0.15, 0.2) is 0 Å². The molecule has 3 nitrogen and oxygen atoms in total. The summed E-state index contributed by atoms with van der Waals surface area (Å²) in [6.07, 6.45) is 6.43. The lowest BCUT2D eigenvalue weighted by Crippen LogP contribution is -2.44. The first-order valence-electron chi connectivity index (χ1n) is 9.84. The minimum absolute atomic E-state index is 0. The average molecular weight is 411 g/mol. The Hall–Kier alpha value is -0.840. The van der Waals surface area contributed by atoms with Crippen LogP contribution in [-0.2, 0) is 0 Å². The van der Waals surface area contributed by atoms with Gasteiger partial charge in [-0.1, -0.05) is 61.7 Å². The molecule has 1 aliphatic heterocycles. The third-order valence-electron chi connectivity index (χ3n) is 6.32. The predicted octanol–water partition coefficient (Wildman–Crippen LogP) is 4.50. The highest BCUT2D eigenvalue weighted by Gasteiger charge is 2.40. The van der Waals surface area contributed by atoms with Crippen molar-refractivity contribution in [2.45, 2.75) is 56.1 Å². The fourth-order valence-corrected chi connectivity index (χ4v) is 4.91. The number of nitrogens with two attached hydrogens (primary N) is 1. The number of likely N-dealkylation sites (tertiary alicyclic amines) is 1. The molecule has 1 saturated carbocycles. The van der Waals surface area contributed by atoms with Gasteiger partial charge in [-0.05, 0) is 42.1 Å². The van der Waals surface area contributed by atoms with Gasteiger partial charge in [0.2, 0.25) is 0 Å². The normalized spacial score (nSPS) is 23.4. The Morgan fingerprint density at radius 2 is 1.74 bits per heavy atom. The third-order valence-corrected chi connectivity index (χ3v) is 6.32. The van der Waals surface area contributed by atoms with Crippen LogP contribution in [0, 0.1) is 0 Å². The van der Waals surface area contributed by atoms with Gasteiger partial charge in [-0.25, -0.2) is 0 Å². The van der Waals surface area contributed by atoms with Crippen LogP contribution in [0.5, 0.6) is 0 Å². The van der Waals surface area contributed by atoms with Gasteiger partial charge in [0.25, 0.3) is 0 Å². The molecule has 2 aromatic carbocycles. The van der Waals surface area contributed by atoms with E-state index >= 15 is 0 Å². The van der Waals surface area contributed by atoms with Gasteiger partial charge in [0.1, 0.15) is 0 Å². The number of nitrogens with zero attached hydrogens (tertiary/aromatic N) is 1. The lowest BCUT2D eigenvalue weighted by molar-refractivity contribution is -0.0290. The highest BCUT2D eigenvalue weighted by Crippen LogP contribution is 2.42. The van der Waals surface area contributed by atoms with Crippen LogP contribution in [0.4, 0.5) is 0 Å². The van der Waals surface area contributed by atoms with E-state index in [1.165, 1.54) is 22.8 Å². The molecule has 2 aromatic rings. The largest absolute Gasteiger partial charge is 0.389 e. The molecule has 27 heavy (non-hydrogen) atoms. The molecule has 0 radical (unpaired) electrons. The molecule has 2 aliphatic rings. The quantitative estimate of drug-likeness (QED) is 0.779. The summed E-state index contributed by atoms with van der Waals surface area (Å²) >= 11 is 0. The van der Waals surface area contributed by atoms with Gasteiger partial charge >= 0.3 is 0 Å². The third kappa shape index (κ3) is 4.78. The summed E-state index contributed by atoms with van der Waals surface area (Å²) in [6.45, 7) is 2.92. The van der Waals surface area contributed by atoms with Gasteiger partial charge in [-0.3, -0.25) is 0 Å². The summed E-state index contributed by atoms with van der Waals surface area (Å²) < 4.78 is 0. The van der Waals surface area contributed by atoms with Gasteiger partial charge in [0.05, 0.1) is 5.60 Å². The van der Waals surface area contributed by atoms with Crippen molar-refractivity contribution in [3.8, 4) is 0 Å². The maximum absolute atomic E-state index is 11.6. The van der Waals surface area contributed by atoms with E-state index in [-0.39, 0.29) is 36.8 Å². The molecule has 0 bridgehead atoms. The number of benzene rings is 2. The lowest BCUT2D eigenvalue weighted by atomic mass is 9.71. The Morgan fingerprint density at radius 3 is 2.44 bits per heavy atom. The first kappa shape index (κ1) is 22.4. The van der Waals surface area contributed by atoms with E-state index in [0.29, 0.717) is 0 Å². The predicted molar refractivity (Wildman–Crippen MR) is 118 cm³/mol. The molecule has 1 heterocycles. The summed E-state index contributed by atoms with van der Waals surface area (Å²) in [4.78, 5) is 2.46. The summed E-state index contributed by atoms with van der Waals surface area (Å²) in [6, 6.07) is 15.4. The number of fused-ring (bicyclic) bond motifs is 1. The van der Waals surface area contributed by atoms with Crippen LogP contribution in [0.2, 0.25) is 0 Å². The average Bonchev–Trinajstić information content (AvgIpc) is 3.05. The summed E-state index contributed by atoms with van der Waals surface area (Å²) in [5, 5.41) is 14.2. The number of rotatable bonds is 4. The van der Waals surface area contributed by atoms with Gasteiger partial charge in [-0.15, -0.1) is 24.8 Å². The molecule has 0 amide bonds. The monoisotopic (exact) mass is 410 g/mol. The van der Waals surface area contributed by atoms with Crippen LogP contribution in [0.15, 0.2) is 42.5 Å². The molecule has 0 spiro atoms. The van der Waals surface area contributed by atoms with E-state index in [1.807, 2.05) is 0 Å². The molecule has 1 unspecified atom stereocenters. The second-order valence-corrected chi connectivity index (χ2v) is 8.09. The molecular weight excluding hydrogens is 379 g/mol. The van der Waals surface area contributed by atoms with E-state index in [0.717, 1.165) is 51.7 Å². The zero-order valence-electron chi connectivity index (χ0n) is 15.8. The standard InChI is InChI=1S/C22H30N2O.2ClH/c23-18-11-14-24(15-18)16-21(22(25)12-4-1-5-13-22)20-10-6-8-17-7-2-3-9-19(17)20;;/h2-3,6-10,18,21,25H,1,4-5,11-16,23H2;2*1H/t18-,21?;;/m0../s1. The van der Waals surface area contributed by atoms with Crippen molar-refractivity contribution in [2.75, 3.05) is 19.6 Å². The van der Waals surface area contributed by atoms with Crippen molar-refractivity contribution in [1.82, 2.24) is 4.90 Å². The van der Waals surface area contributed by atoms with Crippen LogP contribution in [0.1, 0.15) is 50.0 Å². The summed E-state index contributed by atoms with van der Waals surface area (Å²) in [7, 11) is 0. The van der Waals surface area contributed by atoms with E-state index in [9.17, 15) is 5.11 Å². The lowest BCUT2D eigenvalue weighted by Gasteiger charge is -2.41. The van der Waals surface area contributed by atoms with Gasteiger partial charge < -0.3 is 15.7 Å². The highest BCUT2D eigenvalue weighted by atomic mass is 35.5. The van der Waals surface area contributed by atoms with E-state index < -0.39 is 5.60 Å². The zero-order chi connectivity index (χ0) is 17.3. The minimum atomic E-state index is -0.588. The number of hydrogen-bond donors (Lipinski definition) is 2. The van der Waals surface area contributed by atoms with Crippen LogP contribution in [0.25, 0.3) is 10.8 Å². The number of halogens is 2. The van der Waals surface area contributed by atoms with E-state index in [2.05, 4.69) is 47.4 Å². The van der Waals surface area contributed by atoms with Crippen molar-refractivity contribution in [3.05, 3.63) is 48.0 Å². The molecular formula is C22H32Cl2N2O. The first-order chi connectivity index (χ1) is 12.2. The van der Waals surface area contributed by atoms with Gasteiger partial charge in [-0.2, -0.15) is 0 Å². The van der Waals surface area contributed by atoms with Crippen molar-refractivity contribution < 1.29 is 5.11 Å². The SMILES string of the molecule is Cl.Cl.N[C@H]1CCN(CC(c2cccc3ccccc23)C2(O)CCCCC2)C1. The smallest absolute Gasteiger partial charge is 0.0728 e. The maximum Gasteiger partial charge on any atom is 0.0728 e. The van der Waals surface area contributed by atoms with E-state index in [4.69, 9.17) is 5.73 Å². The van der Waals surface area contributed by atoms with Crippen LogP contribution >= 0.6 is 24.8 Å². The molecule has 5 heteroatoms. The van der Waals surface area contributed by atoms with Crippen LogP contribution < -0.4 is 5.73 Å². The van der Waals surface area contributed by atoms with Crippen LogP contribution in [-0.4, -0.2) is 41.3 Å². The maximum atomic E-state index is 11.6. The Bertz CT molecular complexity index is 728. The Labute approximate surface area is 175 Å². The Kier molecular flexibility index (Phi) is 7.96. The topological polar surface area (TPSA) is 49.5 Å². The van der Waals surface area contributed by atoms with Crippen LogP contribution in [0.3, 0.4) is 0 Å². The van der Waals surface area contributed by atoms with Gasteiger partial charge in [0, 0.05) is 25.0 Å². The minimum Gasteiger partial charge on any atom is -0.389 e. The first-order valence-corrected chi connectivity index (χ1v) is 9.84. The fraction of sp³-hybridized carbons (Fsp3) is 0.545. The zero-order valence-corrected chi connectivity index (χ0v) is 17.5. The van der Waals surface area contributed by atoms with Crippen molar-refractivity contribution in [1.29, 1.82) is 0 Å². The second kappa shape index (κ2) is 9.58. The summed E-state index contributed by atoms with van der Waals surface area (Å²) in [5.41, 5.74) is 6.86. The van der Waals surface area contributed by atoms with Crippen molar-refractivity contribution in [3.63, 3.8) is 0 Å². The number of hydrogen-bond acceptors (Lipinski definition) is 3. The van der Waals surface area contributed by atoms with Crippen molar-refractivity contribution >= 4 is 35.6 Å². The molecule has 0 aromatic heterocycles.